The highest BCUT2D eigenvalue weighted by Crippen LogP contribution is 2.45. The molecule has 1 aliphatic rings. The fraction of sp³-hybridized carbons (Fsp3) is 0.673. The maximum absolute atomic E-state index is 12.5. The van der Waals surface area contributed by atoms with E-state index in [2.05, 4.69) is 77.9 Å². The molecule has 0 amide bonds. The highest BCUT2D eigenvalue weighted by Gasteiger charge is 2.35. The predicted molar refractivity (Wildman–Crippen MR) is 225 cm³/mol. The summed E-state index contributed by atoms with van der Waals surface area (Å²) in [4.78, 5) is 0. The van der Waals surface area contributed by atoms with Crippen LogP contribution in [0.5, 0.6) is 0 Å². The third-order valence-electron chi connectivity index (χ3n) is 11.3. The summed E-state index contributed by atoms with van der Waals surface area (Å²) in [5.41, 5.74) is 25.6. The molecule has 0 spiro atoms. The Kier molecular flexibility index (Phi) is 21.5. The van der Waals surface area contributed by atoms with Gasteiger partial charge >= 0.3 is 0 Å². The number of hydrogen-bond acceptors (Lipinski definition) is 0. The fourth-order valence-corrected chi connectivity index (χ4v) is 8.13. The second-order valence-corrected chi connectivity index (χ2v) is 15.8. The van der Waals surface area contributed by atoms with Crippen molar-refractivity contribution in [2.75, 3.05) is 0 Å². The summed E-state index contributed by atoms with van der Waals surface area (Å²) in [7, 11) is 0. The molecule has 2 aromatic carbocycles. The van der Waals surface area contributed by atoms with E-state index in [9.17, 15) is 5.53 Å². The molecule has 1 heterocycles. The average Bonchev–Trinajstić information content (AvgIpc) is 3.42. The van der Waals surface area contributed by atoms with Crippen LogP contribution in [0.4, 0.5) is 0 Å². The van der Waals surface area contributed by atoms with Gasteiger partial charge in [0.25, 0.3) is 0 Å². The van der Waals surface area contributed by atoms with Gasteiger partial charge in [-0.3, -0.25) is 0 Å². The van der Waals surface area contributed by atoms with Gasteiger partial charge in [-0.05, 0) is 111 Å². The molecule has 0 aliphatic carbocycles. The molecule has 51 heavy (non-hydrogen) atoms. The van der Waals surface area contributed by atoms with Crippen molar-refractivity contribution in [3.63, 3.8) is 0 Å². The lowest BCUT2D eigenvalue weighted by molar-refractivity contribution is -0.345. The molecule has 0 unspecified atom stereocenters. The molecule has 0 radical (unpaired) electrons. The van der Waals surface area contributed by atoms with Crippen LogP contribution in [0, 0.1) is 0 Å². The Labute approximate surface area is 316 Å². The Morgan fingerprint density at radius 1 is 0.353 bits per heavy atom. The average molecular weight is 695 g/mol. The van der Waals surface area contributed by atoms with Crippen molar-refractivity contribution < 1.29 is 4.70 Å². The fourth-order valence-electron chi connectivity index (χ4n) is 8.13. The lowest BCUT2D eigenvalue weighted by Crippen LogP contribution is -2.05. The van der Waals surface area contributed by atoms with Gasteiger partial charge in [-0.15, -0.1) is 0 Å². The maximum atomic E-state index is 12.5. The van der Waals surface area contributed by atoms with Gasteiger partial charge in [0.05, 0.1) is 0 Å². The van der Waals surface area contributed by atoms with Crippen LogP contribution in [0.2, 0.25) is 0 Å². The van der Waals surface area contributed by atoms with Gasteiger partial charge in [0.1, 0.15) is 0 Å². The Morgan fingerprint density at radius 3 is 1.02 bits per heavy atom. The second kappa shape index (κ2) is 25.5. The molecule has 0 fully saturated rings. The zero-order valence-corrected chi connectivity index (χ0v) is 34.5. The van der Waals surface area contributed by atoms with Crippen LogP contribution in [0.15, 0.2) is 47.5 Å². The van der Waals surface area contributed by atoms with Crippen LogP contribution in [0.25, 0.3) is 16.9 Å². The summed E-state index contributed by atoms with van der Waals surface area (Å²) >= 11 is 0. The van der Waals surface area contributed by atoms with Crippen LogP contribution < -0.4 is 0 Å². The SMILES string of the molecule is CCCCCCCCC1=C(c2cc(CC)cc(CCCCCCCC)c2)[N+](=[N-])C(c2cc(CC)cc(CCCCCCCC)c2)=C1CCCCC. The molecule has 2 nitrogen and oxygen atoms in total. The summed E-state index contributed by atoms with van der Waals surface area (Å²) in [6.07, 6.45) is 33.6. The van der Waals surface area contributed by atoms with Gasteiger partial charge in [0.15, 0.2) is 0 Å². The van der Waals surface area contributed by atoms with Crippen molar-refractivity contribution in [3.05, 3.63) is 86.5 Å². The van der Waals surface area contributed by atoms with Gasteiger partial charge in [-0.25, -0.2) is 4.70 Å². The van der Waals surface area contributed by atoms with Gasteiger partial charge in [0, 0.05) is 22.3 Å². The highest BCUT2D eigenvalue weighted by molar-refractivity contribution is 5.82. The van der Waals surface area contributed by atoms with Gasteiger partial charge in [-0.1, -0.05) is 163 Å². The minimum absolute atomic E-state index is 1.02. The number of allylic oxidation sites excluding steroid dienone is 2. The van der Waals surface area contributed by atoms with Crippen molar-refractivity contribution in [2.24, 2.45) is 0 Å². The molecule has 0 saturated carbocycles. The summed E-state index contributed by atoms with van der Waals surface area (Å²) in [6.45, 7) is 13.8. The van der Waals surface area contributed by atoms with E-state index >= 15 is 0 Å². The Balaban J connectivity index is 2.05. The zero-order valence-electron chi connectivity index (χ0n) is 34.5. The third-order valence-corrected chi connectivity index (χ3v) is 11.3. The lowest BCUT2D eigenvalue weighted by Gasteiger charge is -2.14. The number of hydrogen-bond donors (Lipinski definition) is 0. The summed E-state index contributed by atoms with van der Waals surface area (Å²) < 4.78 is 1.67. The van der Waals surface area contributed by atoms with Gasteiger partial charge in [0.2, 0.25) is 11.4 Å². The molecule has 0 saturated heterocycles. The molecular weight excluding hydrogens is 617 g/mol. The number of aryl methyl sites for hydroxylation is 4. The normalized spacial score (nSPS) is 13.3. The number of rotatable bonds is 29. The zero-order chi connectivity index (χ0) is 36.7. The first-order chi connectivity index (χ1) is 25.0. The number of benzene rings is 2. The van der Waals surface area contributed by atoms with Crippen LogP contribution in [0.3, 0.4) is 0 Å². The smallest absolute Gasteiger partial charge is 0.211 e. The van der Waals surface area contributed by atoms with Gasteiger partial charge < -0.3 is 5.53 Å². The molecule has 0 N–H and O–H groups in total. The van der Waals surface area contributed by atoms with Crippen LogP contribution >= 0.6 is 0 Å². The standard InChI is InChI=1S/C49H78N2/c1-7-13-17-20-23-27-30-42-34-40(11-5)36-44(38-42)48-46(32-26-16-10-4)47(33-29-25-22-19-15-9-3)49(51(48)50)45-37-41(12-6)35-43(39-45)31-28-24-21-18-14-8-2/h34-39H,7-33H2,1-6H3. The van der Waals surface area contributed by atoms with E-state index in [1.165, 1.54) is 179 Å². The van der Waals surface area contributed by atoms with E-state index in [4.69, 9.17) is 0 Å². The minimum Gasteiger partial charge on any atom is -0.493 e. The third kappa shape index (κ3) is 14.5. The van der Waals surface area contributed by atoms with E-state index in [1.807, 2.05) is 0 Å². The van der Waals surface area contributed by atoms with E-state index in [-0.39, 0.29) is 0 Å². The first-order valence-electron chi connectivity index (χ1n) is 22.2. The van der Waals surface area contributed by atoms with Crippen molar-refractivity contribution in [2.45, 2.75) is 215 Å². The molecular formula is C49H78N2. The second-order valence-electron chi connectivity index (χ2n) is 15.8. The number of unbranched alkanes of at least 4 members (excludes halogenated alkanes) is 17. The van der Waals surface area contributed by atoms with Crippen molar-refractivity contribution in [3.8, 4) is 0 Å². The summed E-state index contributed by atoms with van der Waals surface area (Å²) in [5, 5.41) is 0. The lowest BCUT2D eigenvalue weighted by atomic mass is 9.89. The molecule has 2 heteroatoms. The molecule has 2 aromatic rings. The van der Waals surface area contributed by atoms with E-state index in [0.717, 1.165) is 49.9 Å². The molecule has 0 bridgehead atoms. The quantitative estimate of drug-likeness (QED) is 0.0598. The van der Waals surface area contributed by atoms with Crippen molar-refractivity contribution in [1.29, 1.82) is 0 Å². The van der Waals surface area contributed by atoms with E-state index < -0.39 is 0 Å². The highest BCUT2D eigenvalue weighted by atomic mass is 15.2. The summed E-state index contributed by atoms with van der Waals surface area (Å²) in [5.74, 6) is 0. The largest absolute Gasteiger partial charge is 0.493 e. The molecule has 0 aromatic heterocycles. The first-order valence-corrected chi connectivity index (χ1v) is 22.2. The molecule has 1 aliphatic heterocycles. The molecule has 3 rings (SSSR count). The number of nitrogens with zero attached hydrogens (tertiary/aromatic N) is 2. The topological polar surface area (TPSA) is 25.3 Å². The summed E-state index contributed by atoms with van der Waals surface area (Å²) in [6, 6.07) is 14.5. The van der Waals surface area contributed by atoms with Crippen LogP contribution in [0.1, 0.15) is 223 Å². The Bertz CT molecular complexity index is 1360. The van der Waals surface area contributed by atoms with Crippen LogP contribution in [-0.2, 0) is 25.7 Å². The van der Waals surface area contributed by atoms with Crippen LogP contribution in [-0.4, -0.2) is 4.70 Å². The van der Waals surface area contributed by atoms with E-state index in [0.29, 0.717) is 0 Å². The maximum Gasteiger partial charge on any atom is 0.211 e. The first kappa shape index (κ1) is 42.9. The van der Waals surface area contributed by atoms with Crippen molar-refractivity contribution in [1.82, 2.24) is 0 Å². The Morgan fingerprint density at radius 2 is 0.647 bits per heavy atom. The molecule has 0 atom stereocenters. The van der Waals surface area contributed by atoms with E-state index in [1.54, 1.807) is 4.70 Å². The Hall–Kier alpha value is -2.48. The monoisotopic (exact) mass is 695 g/mol. The van der Waals surface area contributed by atoms with Gasteiger partial charge in [-0.2, -0.15) is 0 Å². The minimum atomic E-state index is 1.02. The molecule has 284 valence electrons. The van der Waals surface area contributed by atoms with Crippen molar-refractivity contribution >= 4 is 11.4 Å². The predicted octanol–water partition coefficient (Wildman–Crippen LogP) is 16.1.